The van der Waals surface area contributed by atoms with Crippen LogP contribution in [0.2, 0.25) is 0 Å². The fourth-order valence-electron chi connectivity index (χ4n) is 1.85. The number of primary amides is 1. The molecule has 0 atom stereocenters. The number of carbonyl (C=O) groups is 2. The normalized spacial score (nSPS) is 11.0. The summed E-state index contributed by atoms with van der Waals surface area (Å²) in [7, 11) is 1.75. The van der Waals surface area contributed by atoms with Crippen molar-refractivity contribution in [2.75, 3.05) is 26.7 Å². The topological polar surface area (TPSA) is 98.7 Å². The van der Waals surface area contributed by atoms with Gasteiger partial charge in [-0.05, 0) is 36.2 Å². The van der Waals surface area contributed by atoms with E-state index in [1.54, 1.807) is 36.2 Å². The molecule has 0 spiro atoms. The average Bonchev–Trinajstić information content (AvgIpc) is 2.44. The molecule has 0 aliphatic heterocycles. The second-order valence-electron chi connectivity index (χ2n) is 5.81. The molecule has 0 saturated heterocycles. The molecular formula is C15H23N3O3. The first-order chi connectivity index (χ1) is 9.75. The molecule has 0 aliphatic rings. The van der Waals surface area contributed by atoms with Crippen molar-refractivity contribution in [2.24, 2.45) is 16.9 Å². The van der Waals surface area contributed by atoms with Crippen LogP contribution in [0.5, 0.6) is 5.75 Å². The molecule has 0 unspecified atom stereocenters. The van der Waals surface area contributed by atoms with E-state index in [2.05, 4.69) is 0 Å². The zero-order valence-electron chi connectivity index (χ0n) is 12.8. The molecule has 0 aromatic heterocycles. The highest BCUT2D eigenvalue weighted by atomic mass is 16.5. The summed E-state index contributed by atoms with van der Waals surface area (Å²) in [5.41, 5.74) is 11.1. The van der Waals surface area contributed by atoms with Crippen molar-refractivity contribution in [2.45, 2.75) is 13.8 Å². The molecule has 0 saturated carbocycles. The molecule has 1 rings (SSSR count). The molecule has 1 aromatic rings. The fourth-order valence-corrected chi connectivity index (χ4v) is 1.85. The lowest BCUT2D eigenvalue weighted by molar-refractivity contribution is -0.119. The van der Waals surface area contributed by atoms with Crippen LogP contribution in [0.15, 0.2) is 24.3 Å². The van der Waals surface area contributed by atoms with Gasteiger partial charge in [0, 0.05) is 19.2 Å². The smallest absolute Gasteiger partial charge is 0.255 e. The third-order valence-electron chi connectivity index (χ3n) is 3.05. The monoisotopic (exact) mass is 293 g/mol. The van der Waals surface area contributed by atoms with Crippen LogP contribution in [0.1, 0.15) is 24.2 Å². The summed E-state index contributed by atoms with van der Waals surface area (Å²) >= 11 is 0. The van der Waals surface area contributed by atoms with Gasteiger partial charge < -0.3 is 21.1 Å². The van der Waals surface area contributed by atoms with E-state index in [1.807, 2.05) is 13.8 Å². The quantitative estimate of drug-likeness (QED) is 0.769. The third kappa shape index (κ3) is 5.43. The predicted molar refractivity (Wildman–Crippen MR) is 80.9 cm³/mol. The largest absolute Gasteiger partial charge is 0.484 e. The molecule has 1 aromatic carbocycles. The summed E-state index contributed by atoms with van der Waals surface area (Å²) in [4.78, 5) is 24.6. The number of ether oxygens (including phenoxy) is 1. The van der Waals surface area contributed by atoms with Gasteiger partial charge in [-0.1, -0.05) is 13.8 Å². The second kappa shape index (κ2) is 7.08. The van der Waals surface area contributed by atoms with Crippen LogP contribution in [0.3, 0.4) is 0 Å². The first-order valence-electron chi connectivity index (χ1n) is 6.72. The van der Waals surface area contributed by atoms with Crippen molar-refractivity contribution in [3.8, 4) is 5.75 Å². The Labute approximate surface area is 125 Å². The van der Waals surface area contributed by atoms with Crippen LogP contribution >= 0.6 is 0 Å². The molecule has 0 aliphatic carbocycles. The Morgan fingerprint density at radius 3 is 2.29 bits per heavy atom. The van der Waals surface area contributed by atoms with Crippen LogP contribution in [0, 0.1) is 5.41 Å². The number of rotatable bonds is 7. The summed E-state index contributed by atoms with van der Waals surface area (Å²) in [6.45, 7) is 4.92. The minimum Gasteiger partial charge on any atom is -0.484 e. The van der Waals surface area contributed by atoms with Gasteiger partial charge in [-0.2, -0.15) is 0 Å². The average molecular weight is 293 g/mol. The molecule has 4 N–H and O–H groups in total. The van der Waals surface area contributed by atoms with E-state index < -0.39 is 5.91 Å². The van der Waals surface area contributed by atoms with Crippen molar-refractivity contribution >= 4 is 11.8 Å². The van der Waals surface area contributed by atoms with E-state index >= 15 is 0 Å². The molecule has 116 valence electrons. The Morgan fingerprint density at radius 1 is 1.24 bits per heavy atom. The van der Waals surface area contributed by atoms with Crippen molar-refractivity contribution in [1.82, 2.24) is 4.90 Å². The fraction of sp³-hybridized carbons (Fsp3) is 0.467. The van der Waals surface area contributed by atoms with Crippen LogP contribution < -0.4 is 16.2 Å². The van der Waals surface area contributed by atoms with Gasteiger partial charge in [-0.15, -0.1) is 0 Å². The van der Waals surface area contributed by atoms with E-state index in [0.29, 0.717) is 24.4 Å². The minimum absolute atomic E-state index is 0.0852. The Hall–Kier alpha value is -2.08. The van der Waals surface area contributed by atoms with E-state index in [9.17, 15) is 9.59 Å². The molecular weight excluding hydrogens is 270 g/mol. The second-order valence-corrected chi connectivity index (χ2v) is 5.81. The SMILES string of the molecule is CN(CC(C)(C)CN)C(=O)c1ccc(OCC(N)=O)cc1. The molecule has 0 fully saturated rings. The third-order valence-corrected chi connectivity index (χ3v) is 3.05. The molecule has 0 heterocycles. The summed E-state index contributed by atoms with van der Waals surface area (Å²) in [6.07, 6.45) is 0. The number of nitrogens with zero attached hydrogens (tertiary/aromatic N) is 1. The van der Waals surface area contributed by atoms with Gasteiger partial charge in [0.15, 0.2) is 6.61 Å². The lowest BCUT2D eigenvalue weighted by atomic mass is 9.93. The van der Waals surface area contributed by atoms with Gasteiger partial charge in [0.2, 0.25) is 0 Å². The number of hydrogen-bond acceptors (Lipinski definition) is 4. The standard InChI is InChI=1S/C15H23N3O3/c1-15(2,9-16)10-18(3)14(20)11-4-6-12(7-5-11)21-8-13(17)19/h4-7H,8-10,16H2,1-3H3,(H2,17,19). The molecule has 6 nitrogen and oxygen atoms in total. The van der Waals surface area contributed by atoms with E-state index in [1.165, 1.54) is 0 Å². The highest BCUT2D eigenvalue weighted by molar-refractivity contribution is 5.94. The van der Waals surface area contributed by atoms with Crippen LogP contribution in [0.25, 0.3) is 0 Å². The maximum atomic E-state index is 12.3. The Kier molecular flexibility index (Phi) is 5.72. The summed E-state index contributed by atoms with van der Waals surface area (Å²) in [6, 6.07) is 6.59. The van der Waals surface area contributed by atoms with Gasteiger partial charge in [-0.3, -0.25) is 9.59 Å². The van der Waals surface area contributed by atoms with Crippen LogP contribution in [-0.4, -0.2) is 43.5 Å². The van der Waals surface area contributed by atoms with Gasteiger partial charge in [-0.25, -0.2) is 0 Å². The van der Waals surface area contributed by atoms with Crippen molar-refractivity contribution in [3.63, 3.8) is 0 Å². The molecule has 6 heteroatoms. The van der Waals surface area contributed by atoms with Crippen molar-refractivity contribution in [3.05, 3.63) is 29.8 Å². The lowest BCUT2D eigenvalue weighted by Gasteiger charge is -2.29. The van der Waals surface area contributed by atoms with Gasteiger partial charge in [0.1, 0.15) is 5.75 Å². The van der Waals surface area contributed by atoms with Crippen LogP contribution in [-0.2, 0) is 4.79 Å². The molecule has 21 heavy (non-hydrogen) atoms. The van der Waals surface area contributed by atoms with Crippen molar-refractivity contribution in [1.29, 1.82) is 0 Å². The molecule has 0 radical (unpaired) electrons. The Morgan fingerprint density at radius 2 is 1.81 bits per heavy atom. The first-order valence-corrected chi connectivity index (χ1v) is 6.72. The summed E-state index contributed by atoms with van der Waals surface area (Å²) in [5.74, 6) is -0.132. The maximum Gasteiger partial charge on any atom is 0.255 e. The zero-order chi connectivity index (χ0) is 16.0. The highest BCUT2D eigenvalue weighted by Gasteiger charge is 2.21. The number of carbonyl (C=O) groups excluding carboxylic acids is 2. The van der Waals surface area contributed by atoms with Crippen LogP contribution in [0.4, 0.5) is 0 Å². The Balaban J connectivity index is 2.68. The minimum atomic E-state index is -0.543. The van der Waals surface area contributed by atoms with E-state index in [4.69, 9.17) is 16.2 Å². The summed E-state index contributed by atoms with van der Waals surface area (Å²) < 4.78 is 5.14. The number of benzene rings is 1. The van der Waals surface area contributed by atoms with Crippen molar-refractivity contribution < 1.29 is 14.3 Å². The lowest BCUT2D eigenvalue weighted by Crippen LogP contribution is -2.39. The zero-order valence-corrected chi connectivity index (χ0v) is 12.8. The first kappa shape index (κ1) is 17.0. The highest BCUT2D eigenvalue weighted by Crippen LogP contribution is 2.17. The van der Waals surface area contributed by atoms with Gasteiger partial charge in [0.25, 0.3) is 11.8 Å². The van der Waals surface area contributed by atoms with E-state index in [-0.39, 0.29) is 17.9 Å². The summed E-state index contributed by atoms with van der Waals surface area (Å²) in [5, 5.41) is 0. The molecule has 2 amide bonds. The predicted octanol–water partition coefficient (Wildman–Crippen LogP) is 0.608. The van der Waals surface area contributed by atoms with Gasteiger partial charge >= 0.3 is 0 Å². The van der Waals surface area contributed by atoms with Gasteiger partial charge in [0.05, 0.1) is 0 Å². The number of nitrogens with two attached hydrogens (primary N) is 2. The number of hydrogen-bond donors (Lipinski definition) is 2. The molecule has 0 bridgehead atoms. The maximum absolute atomic E-state index is 12.3. The Bertz CT molecular complexity index is 497. The number of amides is 2. The van der Waals surface area contributed by atoms with E-state index in [0.717, 1.165) is 0 Å².